The summed E-state index contributed by atoms with van der Waals surface area (Å²) in [7, 11) is 0. The third kappa shape index (κ3) is 0.724. The Morgan fingerprint density at radius 2 is 2.30 bits per heavy atom. The van der Waals surface area contributed by atoms with E-state index in [1.165, 1.54) is 0 Å². The van der Waals surface area contributed by atoms with E-state index in [1.807, 2.05) is 18.2 Å². The van der Waals surface area contributed by atoms with Gasteiger partial charge in [0.1, 0.15) is 5.52 Å². The van der Waals surface area contributed by atoms with E-state index in [0.717, 1.165) is 9.99 Å². The second-order valence-electron chi connectivity index (χ2n) is 1.86. The predicted molar refractivity (Wildman–Crippen MR) is 39.5 cm³/mol. The highest BCUT2D eigenvalue weighted by Gasteiger charge is 2.01. The van der Waals surface area contributed by atoms with Gasteiger partial charge in [-0.2, -0.15) is 0 Å². The summed E-state index contributed by atoms with van der Waals surface area (Å²) in [6.45, 7) is 0. The monoisotopic (exact) mass is 198 g/mol. The van der Waals surface area contributed by atoms with Crippen LogP contribution in [-0.2, 0) is 0 Å². The lowest BCUT2D eigenvalue weighted by atomic mass is 10.3. The lowest BCUT2D eigenvalue weighted by molar-refractivity contribution is 0.423. The smallest absolute Gasteiger partial charge is 0.201 e. The molecule has 0 radical (unpaired) electrons. The summed E-state index contributed by atoms with van der Waals surface area (Å²) in [4.78, 5) is 0. The van der Waals surface area contributed by atoms with E-state index in [-0.39, 0.29) is 0 Å². The van der Waals surface area contributed by atoms with Crippen molar-refractivity contribution in [2.45, 2.75) is 0 Å². The molecular formula is C6H3BrN2O. The normalized spacial score (nSPS) is 10.5. The molecule has 0 aliphatic rings. The third-order valence-electron chi connectivity index (χ3n) is 1.23. The third-order valence-corrected chi connectivity index (χ3v) is 1.85. The van der Waals surface area contributed by atoms with Crippen LogP contribution in [0.15, 0.2) is 27.2 Å². The number of fused-ring (bicyclic) bond motifs is 1. The summed E-state index contributed by atoms with van der Waals surface area (Å²) in [5.74, 6) is 0. The number of halogens is 1. The molecule has 2 aromatic rings. The standard InChI is InChI=1S/C6H3BrN2O/c7-4-2-1-3-5-6(4)10-9-8-5/h1-3H. The van der Waals surface area contributed by atoms with Gasteiger partial charge >= 0.3 is 0 Å². The van der Waals surface area contributed by atoms with Crippen molar-refractivity contribution in [3.05, 3.63) is 22.7 Å². The molecule has 3 nitrogen and oxygen atoms in total. The second kappa shape index (κ2) is 2.05. The summed E-state index contributed by atoms with van der Waals surface area (Å²) in [5.41, 5.74) is 1.47. The van der Waals surface area contributed by atoms with Crippen LogP contribution in [0.25, 0.3) is 11.1 Å². The van der Waals surface area contributed by atoms with Crippen LogP contribution < -0.4 is 0 Å². The van der Waals surface area contributed by atoms with Gasteiger partial charge in [-0.3, -0.25) is 0 Å². The quantitative estimate of drug-likeness (QED) is 0.651. The first-order valence-electron chi connectivity index (χ1n) is 2.74. The maximum atomic E-state index is 4.84. The fraction of sp³-hybridized carbons (Fsp3) is 0. The molecule has 0 spiro atoms. The largest absolute Gasteiger partial charge is 0.336 e. The van der Waals surface area contributed by atoms with Gasteiger partial charge in [0, 0.05) is 5.27 Å². The van der Waals surface area contributed by atoms with Crippen LogP contribution in [0.4, 0.5) is 0 Å². The molecule has 50 valence electrons. The number of benzene rings is 1. The van der Waals surface area contributed by atoms with Crippen molar-refractivity contribution < 1.29 is 4.52 Å². The zero-order chi connectivity index (χ0) is 6.97. The van der Waals surface area contributed by atoms with E-state index in [9.17, 15) is 0 Å². The maximum absolute atomic E-state index is 4.84. The zero-order valence-corrected chi connectivity index (χ0v) is 6.50. The Morgan fingerprint density at radius 1 is 1.40 bits per heavy atom. The molecule has 0 atom stereocenters. The molecule has 0 aliphatic heterocycles. The summed E-state index contributed by atoms with van der Waals surface area (Å²) in [5, 5.41) is 7.14. The molecular weight excluding hydrogens is 196 g/mol. The van der Waals surface area contributed by atoms with E-state index in [4.69, 9.17) is 4.52 Å². The van der Waals surface area contributed by atoms with Crippen LogP contribution in [0.2, 0.25) is 0 Å². The molecule has 0 bridgehead atoms. The van der Waals surface area contributed by atoms with Crippen molar-refractivity contribution in [3.8, 4) is 0 Å². The molecule has 0 saturated heterocycles. The topological polar surface area (TPSA) is 38.9 Å². The fourth-order valence-corrected chi connectivity index (χ4v) is 1.20. The van der Waals surface area contributed by atoms with Gasteiger partial charge < -0.3 is 4.52 Å². The molecule has 2 rings (SSSR count). The van der Waals surface area contributed by atoms with Crippen LogP contribution >= 0.6 is 15.9 Å². The summed E-state index contributed by atoms with van der Waals surface area (Å²) < 4.78 is 5.72. The Morgan fingerprint density at radius 3 is 3.10 bits per heavy atom. The van der Waals surface area contributed by atoms with Crippen molar-refractivity contribution in [2.75, 3.05) is 0 Å². The zero-order valence-electron chi connectivity index (χ0n) is 4.91. The molecule has 0 saturated carbocycles. The Kier molecular flexibility index (Phi) is 1.20. The van der Waals surface area contributed by atoms with E-state index in [0.29, 0.717) is 5.58 Å². The first-order valence-corrected chi connectivity index (χ1v) is 3.54. The van der Waals surface area contributed by atoms with Gasteiger partial charge in [0.2, 0.25) is 5.58 Å². The number of hydrogen-bond donors (Lipinski definition) is 0. The first-order chi connectivity index (χ1) is 4.88. The van der Waals surface area contributed by atoms with Gasteiger partial charge in [0.15, 0.2) is 0 Å². The number of rotatable bonds is 0. The fourth-order valence-electron chi connectivity index (χ4n) is 0.772. The predicted octanol–water partition coefficient (Wildman–Crippen LogP) is 1.99. The minimum atomic E-state index is 0.697. The Bertz CT molecular complexity index is 357. The second-order valence-corrected chi connectivity index (χ2v) is 2.72. The molecule has 0 aliphatic carbocycles. The number of para-hydroxylation sites is 1. The van der Waals surface area contributed by atoms with E-state index < -0.39 is 0 Å². The highest BCUT2D eigenvalue weighted by Crippen LogP contribution is 2.20. The highest BCUT2D eigenvalue weighted by atomic mass is 79.9. The molecule has 4 heteroatoms. The number of nitrogens with zero attached hydrogens (tertiary/aromatic N) is 2. The number of aromatic nitrogens is 2. The molecule has 0 amide bonds. The molecule has 0 fully saturated rings. The minimum Gasteiger partial charge on any atom is -0.336 e. The van der Waals surface area contributed by atoms with Crippen LogP contribution in [0.3, 0.4) is 0 Å². The van der Waals surface area contributed by atoms with E-state index in [2.05, 4.69) is 26.3 Å². The molecule has 1 aromatic carbocycles. The Balaban J connectivity index is 2.95. The van der Waals surface area contributed by atoms with Gasteiger partial charge in [-0.1, -0.05) is 6.07 Å². The lowest BCUT2D eigenvalue weighted by Gasteiger charge is -1.85. The minimum absolute atomic E-state index is 0.697. The average Bonchev–Trinajstić information content (AvgIpc) is 2.36. The van der Waals surface area contributed by atoms with Gasteiger partial charge in [0.25, 0.3) is 0 Å². The average molecular weight is 199 g/mol. The van der Waals surface area contributed by atoms with Gasteiger partial charge in [-0.25, -0.2) is 0 Å². The summed E-state index contributed by atoms with van der Waals surface area (Å²) in [6, 6.07) is 5.61. The SMILES string of the molecule is Brc1cccc2nnoc12. The van der Waals surface area contributed by atoms with E-state index in [1.54, 1.807) is 0 Å². The van der Waals surface area contributed by atoms with Crippen LogP contribution in [0, 0.1) is 0 Å². The molecule has 0 N–H and O–H groups in total. The van der Waals surface area contributed by atoms with Crippen LogP contribution in [-0.4, -0.2) is 10.4 Å². The molecule has 1 heterocycles. The van der Waals surface area contributed by atoms with Crippen molar-refractivity contribution in [2.24, 2.45) is 0 Å². The first kappa shape index (κ1) is 5.85. The van der Waals surface area contributed by atoms with Crippen LogP contribution in [0.5, 0.6) is 0 Å². The Labute approximate surface area is 65.1 Å². The van der Waals surface area contributed by atoms with Gasteiger partial charge in [0.05, 0.1) is 4.47 Å². The van der Waals surface area contributed by atoms with Gasteiger partial charge in [-0.05, 0) is 28.1 Å². The molecule has 10 heavy (non-hydrogen) atoms. The molecule has 0 unspecified atom stereocenters. The van der Waals surface area contributed by atoms with Gasteiger partial charge in [-0.15, -0.1) is 5.10 Å². The lowest BCUT2D eigenvalue weighted by Crippen LogP contribution is -1.67. The van der Waals surface area contributed by atoms with Crippen molar-refractivity contribution in [1.29, 1.82) is 0 Å². The highest BCUT2D eigenvalue weighted by molar-refractivity contribution is 9.10. The van der Waals surface area contributed by atoms with Crippen molar-refractivity contribution in [1.82, 2.24) is 10.4 Å². The van der Waals surface area contributed by atoms with Crippen molar-refractivity contribution >= 4 is 27.0 Å². The van der Waals surface area contributed by atoms with E-state index >= 15 is 0 Å². The number of hydrogen-bond acceptors (Lipinski definition) is 3. The molecule has 1 aromatic heterocycles. The maximum Gasteiger partial charge on any atom is 0.201 e. The summed E-state index contributed by atoms with van der Waals surface area (Å²) in [6.07, 6.45) is 0. The Hall–Kier alpha value is -0.900. The van der Waals surface area contributed by atoms with Crippen molar-refractivity contribution in [3.63, 3.8) is 0 Å². The van der Waals surface area contributed by atoms with Crippen LogP contribution in [0.1, 0.15) is 0 Å². The summed E-state index contributed by atoms with van der Waals surface area (Å²) >= 11 is 3.30.